The van der Waals surface area contributed by atoms with Crippen molar-refractivity contribution in [1.82, 2.24) is 5.32 Å². The summed E-state index contributed by atoms with van der Waals surface area (Å²) >= 11 is 0. The predicted octanol–water partition coefficient (Wildman–Crippen LogP) is 10.0. The predicted molar refractivity (Wildman–Crippen MR) is 154 cm³/mol. The average Bonchev–Trinajstić information content (AvgIpc) is 2.76. The summed E-state index contributed by atoms with van der Waals surface area (Å²) in [6.07, 6.45) is 12.4. The number of rotatable bonds is 6. The van der Waals surface area contributed by atoms with Gasteiger partial charge in [-0.15, -0.1) is 13.2 Å². The van der Waals surface area contributed by atoms with Crippen LogP contribution in [0.1, 0.15) is 94.9 Å². The van der Waals surface area contributed by atoms with Crippen molar-refractivity contribution in [3.63, 3.8) is 0 Å². The van der Waals surface area contributed by atoms with Crippen LogP contribution < -0.4 is 5.32 Å². The van der Waals surface area contributed by atoms with Crippen LogP contribution in [-0.4, -0.2) is 24.7 Å². The van der Waals surface area contributed by atoms with Gasteiger partial charge in [0.05, 0.1) is 0 Å². The third kappa shape index (κ3) is 34.5. The molecule has 4 heteroatoms. The molecule has 0 unspecified atom stereocenters. The van der Waals surface area contributed by atoms with Gasteiger partial charge in [0.1, 0.15) is 0 Å². The van der Waals surface area contributed by atoms with Crippen molar-refractivity contribution in [2.24, 2.45) is 4.99 Å². The summed E-state index contributed by atoms with van der Waals surface area (Å²) < 4.78 is 24.3. The van der Waals surface area contributed by atoms with E-state index in [1.54, 1.807) is 0 Å². The van der Waals surface area contributed by atoms with Gasteiger partial charge in [0.15, 0.2) is 0 Å². The van der Waals surface area contributed by atoms with E-state index in [0.717, 1.165) is 23.4 Å². The Hall–Kier alpha value is -2.07. The van der Waals surface area contributed by atoms with Crippen LogP contribution >= 0.6 is 0 Å². The number of aliphatic imine (C=N–C) groups is 1. The van der Waals surface area contributed by atoms with Crippen LogP contribution in [0.15, 0.2) is 77.5 Å². The molecule has 0 radical (unpaired) electrons. The molecule has 0 aromatic carbocycles. The number of hydrogen-bond acceptors (Lipinski definition) is 2. The summed E-state index contributed by atoms with van der Waals surface area (Å²) in [6, 6.07) is 0. The Labute approximate surface area is 211 Å². The number of nitrogens with one attached hydrogen (secondary N) is 1. The van der Waals surface area contributed by atoms with Crippen molar-refractivity contribution in [3.8, 4) is 0 Å². The lowest BCUT2D eigenvalue weighted by Gasteiger charge is -2.21. The van der Waals surface area contributed by atoms with Gasteiger partial charge in [-0.3, -0.25) is 4.99 Å². The fourth-order valence-electron chi connectivity index (χ4n) is 1.86. The third-order valence-electron chi connectivity index (χ3n) is 4.00. The van der Waals surface area contributed by atoms with Gasteiger partial charge in [-0.2, -0.15) is 0 Å². The lowest BCUT2D eigenvalue weighted by Crippen LogP contribution is -2.35. The van der Waals surface area contributed by atoms with Crippen LogP contribution in [0.2, 0.25) is 0 Å². The van der Waals surface area contributed by atoms with E-state index in [9.17, 15) is 8.78 Å². The molecule has 2 nitrogen and oxygen atoms in total. The number of unbranched alkanes of at least 4 members (excludes halogenated alkanes) is 1. The fraction of sp³-hybridized carbons (Fsp3) is 0.567. The highest BCUT2D eigenvalue weighted by atomic mass is 19.3. The second-order valence-corrected chi connectivity index (χ2v) is 8.02. The molecule has 0 spiro atoms. The molecule has 1 rings (SSSR count). The summed E-state index contributed by atoms with van der Waals surface area (Å²) in [4.78, 5) is 4.48. The highest BCUT2D eigenvalue weighted by molar-refractivity contribution is 5.97. The second kappa shape index (κ2) is 27.2. The molecule has 198 valence electrons. The maximum absolute atomic E-state index is 12.2. The van der Waals surface area contributed by atoms with Crippen LogP contribution in [0, 0.1) is 0 Å². The van der Waals surface area contributed by atoms with Crippen LogP contribution in [0.4, 0.5) is 8.78 Å². The Kier molecular flexibility index (Phi) is 31.3. The minimum atomic E-state index is -2.38. The normalized spacial score (nSPS) is 15.1. The molecule has 0 bridgehead atoms. The van der Waals surface area contributed by atoms with E-state index in [1.807, 2.05) is 79.7 Å². The van der Waals surface area contributed by atoms with Gasteiger partial charge in [0.2, 0.25) is 0 Å². The molecule has 0 atom stereocenters. The van der Waals surface area contributed by atoms with Gasteiger partial charge in [-0.05, 0) is 66.0 Å². The zero-order valence-electron chi connectivity index (χ0n) is 24.0. The van der Waals surface area contributed by atoms with Crippen LogP contribution in [0.25, 0.3) is 0 Å². The molecule has 0 amide bonds. The maximum Gasteiger partial charge on any atom is 0.250 e. The molecular weight excluding hydrogens is 426 g/mol. The summed E-state index contributed by atoms with van der Waals surface area (Å²) in [5.74, 6) is -2.38. The van der Waals surface area contributed by atoms with Gasteiger partial charge in [0, 0.05) is 37.3 Å². The van der Waals surface area contributed by atoms with Gasteiger partial charge in [-0.25, -0.2) is 8.78 Å². The molecule has 1 fully saturated rings. The first-order valence-corrected chi connectivity index (χ1v) is 12.3. The molecule has 1 heterocycles. The van der Waals surface area contributed by atoms with Gasteiger partial charge >= 0.3 is 0 Å². The zero-order valence-corrected chi connectivity index (χ0v) is 24.0. The monoisotopic (exact) mass is 480 g/mol. The highest BCUT2D eigenvalue weighted by Gasteiger charge is 2.30. The highest BCUT2D eigenvalue weighted by Crippen LogP contribution is 2.23. The Bertz CT molecular complexity index is 639. The standard InChI is InChI=1S/C14H21N.C5H9F2N.C5H10.C4H8.C2H6/c1-7-8-9-10-12(4)14(6)15-13(5)11(2)3;6-5(7)1-3-8-4-2-5;1-3-5-4-2;1-4(2)3;1-2/h7-10H,2H2,1,3-6H3;8H,1-4H2;3H,1,4-5H2,2H3;1H2,2-3H3;1-2H3/b8-7-,10-9-,14-12+,15-13?;;;;. The van der Waals surface area contributed by atoms with Crippen molar-refractivity contribution < 1.29 is 8.78 Å². The summed E-state index contributed by atoms with van der Waals surface area (Å²) in [7, 11) is 0. The van der Waals surface area contributed by atoms with Crippen molar-refractivity contribution in [2.45, 2.75) is 101 Å². The number of halogens is 2. The largest absolute Gasteiger partial charge is 0.316 e. The number of alkyl halides is 2. The van der Waals surface area contributed by atoms with Crippen LogP contribution in [-0.2, 0) is 0 Å². The van der Waals surface area contributed by atoms with Crippen molar-refractivity contribution >= 4 is 5.71 Å². The van der Waals surface area contributed by atoms with Crippen LogP contribution in [0.3, 0.4) is 0 Å². The van der Waals surface area contributed by atoms with Gasteiger partial charge in [-0.1, -0.05) is 69.7 Å². The Morgan fingerprint density at radius 2 is 1.44 bits per heavy atom. The fourth-order valence-corrected chi connectivity index (χ4v) is 1.86. The minimum Gasteiger partial charge on any atom is -0.316 e. The Balaban J connectivity index is -0.000000197. The lowest BCUT2D eigenvalue weighted by atomic mass is 10.1. The lowest BCUT2D eigenvalue weighted by molar-refractivity contribution is -0.0274. The topological polar surface area (TPSA) is 24.4 Å². The molecule has 1 aliphatic rings. The van der Waals surface area contributed by atoms with Gasteiger partial charge < -0.3 is 5.32 Å². The maximum atomic E-state index is 12.2. The van der Waals surface area contributed by atoms with Gasteiger partial charge in [0.25, 0.3) is 5.92 Å². The van der Waals surface area contributed by atoms with Crippen molar-refractivity contribution in [1.29, 1.82) is 0 Å². The quantitative estimate of drug-likeness (QED) is 0.228. The van der Waals surface area contributed by atoms with E-state index >= 15 is 0 Å². The number of nitrogens with zero attached hydrogens (tertiary/aromatic N) is 1. The number of hydrogen-bond donors (Lipinski definition) is 1. The first-order chi connectivity index (χ1) is 15.8. The second-order valence-electron chi connectivity index (χ2n) is 8.02. The number of piperidine rings is 1. The van der Waals surface area contributed by atoms with E-state index in [0.29, 0.717) is 13.1 Å². The molecule has 0 saturated carbocycles. The minimum absolute atomic E-state index is 0.00694. The Morgan fingerprint density at radius 1 is 0.971 bits per heavy atom. The SMILES string of the molecule is C=C(C)C.C=C(C)C(C)=N/C(C)=C(C)/C=C\C=C/C.C=CCCC.CC.FC1(F)CCNCC1. The van der Waals surface area contributed by atoms with E-state index in [2.05, 4.69) is 50.0 Å². The molecular formula is C30H54F2N2. The molecule has 0 aliphatic carbocycles. The first-order valence-electron chi connectivity index (χ1n) is 12.3. The van der Waals surface area contributed by atoms with E-state index in [4.69, 9.17) is 0 Å². The molecule has 1 saturated heterocycles. The van der Waals surface area contributed by atoms with Crippen molar-refractivity contribution in [2.75, 3.05) is 13.1 Å². The zero-order chi connectivity index (χ0) is 27.6. The summed E-state index contributed by atoms with van der Waals surface area (Å²) in [6.45, 7) is 32.0. The number of allylic oxidation sites excluding steroid dienone is 9. The average molecular weight is 481 g/mol. The van der Waals surface area contributed by atoms with Crippen LogP contribution in [0.5, 0.6) is 0 Å². The molecule has 34 heavy (non-hydrogen) atoms. The molecule has 0 aromatic heterocycles. The van der Waals surface area contributed by atoms with E-state index in [-0.39, 0.29) is 12.8 Å². The smallest absolute Gasteiger partial charge is 0.250 e. The summed E-state index contributed by atoms with van der Waals surface area (Å²) in [5, 5.41) is 2.86. The Morgan fingerprint density at radius 3 is 1.71 bits per heavy atom. The summed E-state index contributed by atoms with van der Waals surface area (Å²) in [5.41, 5.74) is 5.39. The van der Waals surface area contributed by atoms with E-state index in [1.165, 1.54) is 17.6 Å². The van der Waals surface area contributed by atoms with E-state index < -0.39 is 5.92 Å². The van der Waals surface area contributed by atoms with Crippen molar-refractivity contribution in [3.05, 3.63) is 72.5 Å². The molecule has 0 aromatic rings. The first kappa shape index (κ1) is 39.2. The third-order valence-corrected chi connectivity index (χ3v) is 4.00. The molecule has 1 N–H and O–H groups in total. The molecule has 1 aliphatic heterocycles.